The molecule has 0 aliphatic heterocycles. The quantitative estimate of drug-likeness (QED) is 0.898. The van der Waals surface area contributed by atoms with Crippen molar-refractivity contribution >= 4 is 12.0 Å². The Hall–Kier alpha value is -2.04. The molecule has 5 heteroatoms. The molecule has 1 aromatic rings. The van der Waals surface area contributed by atoms with Gasteiger partial charge < -0.3 is 15.3 Å². The van der Waals surface area contributed by atoms with Crippen LogP contribution in [0.5, 0.6) is 0 Å². The molecule has 1 fully saturated rings. The molecule has 1 aromatic carbocycles. The molecular formula is C17H24N2O3. The molecule has 0 bridgehead atoms. The highest BCUT2D eigenvalue weighted by atomic mass is 16.4. The van der Waals surface area contributed by atoms with Gasteiger partial charge in [-0.25, -0.2) is 4.79 Å². The van der Waals surface area contributed by atoms with Gasteiger partial charge in [-0.2, -0.15) is 0 Å². The van der Waals surface area contributed by atoms with Crippen LogP contribution >= 0.6 is 0 Å². The number of aryl methyl sites for hydroxylation is 1. The van der Waals surface area contributed by atoms with Gasteiger partial charge in [0.25, 0.3) is 0 Å². The molecule has 0 atom stereocenters. The molecule has 2 amide bonds. The van der Waals surface area contributed by atoms with Gasteiger partial charge in [-0.05, 0) is 43.7 Å². The monoisotopic (exact) mass is 304 g/mol. The van der Waals surface area contributed by atoms with Gasteiger partial charge in [0.05, 0.1) is 5.92 Å². The molecule has 0 aromatic heterocycles. The van der Waals surface area contributed by atoms with Crippen molar-refractivity contribution in [3.05, 3.63) is 35.4 Å². The average Bonchev–Trinajstić information content (AvgIpc) is 2.50. The Kier molecular flexibility index (Phi) is 5.41. The summed E-state index contributed by atoms with van der Waals surface area (Å²) >= 11 is 0. The first-order chi connectivity index (χ1) is 10.5. The molecule has 1 saturated carbocycles. The minimum Gasteiger partial charge on any atom is -0.481 e. The van der Waals surface area contributed by atoms with Crippen molar-refractivity contribution in [3.8, 4) is 0 Å². The number of hydrogen-bond donors (Lipinski definition) is 2. The summed E-state index contributed by atoms with van der Waals surface area (Å²) in [5.74, 6) is -0.973. The molecule has 0 radical (unpaired) electrons. The van der Waals surface area contributed by atoms with Gasteiger partial charge in [-0.3, -0.25) is 4.79 Å². The minimum absolute atomic E-state index is 0.0856. The Morgan fingerprint density at radius 1 is 1.23 bits per heavy atom. The molecule has 1 aliphatic rings. The van der Waals surface area contributed by atoms with Crippen LogP contribution < -0.4 is 5.32 Å². The van der Waals surface area contributed by atoms with Crippen LogP contribution in [0.1, 0.15) is 36.8 Å². The van der Waals surface area contributed by atoms with E-state index in [0.29, 0.717) is 19.4 Å². The lowest BCUT2D eigenvalue weighted by molar-refractivity contribution is -0.142. The molecule has 2 N–H and O–H groups in total. The van der Waals surface area contributed by atoms with Gasteiger partial charge in [0.2, 0.25) is 0 Å². The third-order valence-electron chi connectivity index (χ3n) is 4.42. The van der Waals surface area contributed by atoms with Crippen LogP contribution in [0.3, 0.4) is 0 Å². The first kappa shape index (κ1) is 16.3. The summed E-state index contributed by atoms with van der Waals surface area (Å²) in [5, 5.41) is 12.0. The predicted octanol–water partition coefficient (Wildman–Crippen LogP) is 2.78. The molecule has 2 rings (SSSR count). The van der Waals surface area contributed by atoms with Gasteiger partial charge >= 0.3 is 12.0 Å². The first-order valence-corrected chi connectivity index (χ1v) is 7.76. The van der Waals surface area contributed by atoms with Crippen LogP contribution in [0.4, 0.5) is 4.79 Å². The normalized spacial score (nSPS) is 21.2. The van der Waals surface area contributed by atoms with Gasteiger partial charge in [-0.15, -0.1) is 0 Å². The third-order valence-corrected chi connectivity index (χ3v) is 4.42. The molecule has 0 spiro atoms. The smallest absolute Gasteiger partial charge is 0.317 e. The number of carbonyl (C=O) groups is 2. The second-order valence-electron chi connectivity index (χ2n) is 6.12. The van der Waals surface area contributed by atoms with Gasteiger partial charge in [0.1, 0.15) is 0 Å². The van der Waals surface area contributed by atoms with Crippen LogP contribution in [0.2, 0.25) is 0 Å². The lowest BCUT2D eigenvalue weighted by Crippen LogP contribution is -2.44. The number of carboxylic acid groups (broad SMARTS) is 1. The second-order valence-corrected chi connectivity index (χ2v) is 6.12. The summed E-state index contributed by atoms with van der Waals surface area (Å²) in [6, 6.07) is 8.01. The van der Waals surface area contributed by atoms with E-state index in [-0.39, 0.29) is 18.0 Å². The van der Waals surface area contributed by atoms with E-state index >= 15 is 0 Å². The summed E-state index contributed by atoms with van der Waals surface area (Å²) in [5.41, 5.74) is 2.30. The standard InChI is InChI=1S/C17H24N2O3/c1-12-5-3-4-6-14(12)11-19(2)17(22)18-15-9-7-13(8-10-15)16(20)21/h3-6,13,15H,7-11H2,1-2H3,(H,18,22)(H,20,21). The fourth-order valence-corrected chi connectivity index (χ4v) is 2.88. The molecule has 1 aliphatic carbocycles. The number of nitrogens with one attached hydrogen (secondary N) is 1. The van der Waals surface area contributed by atoms with E-state index in [9.17, 15) is 9.59 Å². The molecule has 5 nitrogen and oxygen atoms in total. The molecule has 120 valence electrons. The Labute approximate surface area is 131 Å². The number of amides is 2. The summed E-state index contributed by atoms with van der Waals surface area (Å²) in [7, 11) is 1.78. The highest BCUT2D eigenvalue weighted by Crippen LogP contribution is 2.24. The largest absolute Gasteiger partial charge is 0.481 e. The van der Waals surface area contributed by atoms with Gasteiger partial charge in [-0.1, -0.05) is 24.3 Å². The Bertz CT molecular complexity index is 536. The number of carbonyl (C=O) groups excluding carboxylic acids is 1. The minimum atomic E-state index is -0.721. The average molecular weight is 304 g/mol. The predicted molar refractivity (Wildman–Crippen MR) is 84.6 cm³/mol. The van der Waals surface area contributed by atoms with Crippen molar-refractivity contribution in [2.75, 3.05) is 7.05 Å². The van der Waals surface area contributed by atoms with E-state index in [4.69, 9.17) is 5.11 Å². The van der Waals surface area contributed by atoms with E-state index in [2.05, 4.69) is 5.32 Å². The highest BCUT2D eigenvalue weighted by molar-refractivity contribution is 5.74. The first-order valence-electron chi connectivity index (χ1n) is 7.76. The van der Waals surface area contributed by atoms with Crippen molar-refractivity contribution in [3.63, 3.8) is 0 Å². The number of nitrogens with zero attached hydrogens (tertiary/aromatic N) is 1. The molecule has 22 heavy (non-hydrogen) atoms. The van der Waals surface area contributed by atoms with Crippen molar-refractivity contribution in [1.29, 1.82) is 0 Å². The number of aliphatic carboxylic acids is 1. The van der Waals surface area contributed by atoms with Crippen molar-refractivity contribution in [1.82, 2.24) is 10.2 Å². The molecule has 0 unspecified atom stereocenters. The van der Waals surface area contributed by atoms with Crippen molar-refractivity contribution < 1.29 is 14.7 Å². The van der Waals surface area contributed by atoms with Crippen LogP contribution in [-0.2, 0) is 11.3 Å². The zero-order valence-corrected chi connectivity index (χ0v) is 13.2. The fraction of sp³-hybridized carbons (Fsp3) is 0.529. The van der Waals surface area contributed by atoms with Gasteiger partial charge in [0.15, 0.2) is 0 Å². The molecular weight excluding hydrogens is 280 g/mol. The zero-order chi connectivity index (χ0) is 16.1. The van der Waals surface area contributed by atoms with Gasteiger partial charge in [0, 0.05) is 19.6 Å². The maximum Gasteiger partial charge on any atom is 0.317 e. The number of benzene rings is 1. The SMILES string of the molecule is Cc1ccccc1CN(C)C(=O)NC1CCC(C(=O)O)CC1. The van der Waals surface area contributed by atoms with Crippen LogP contribution in [0.25, 0.3) is 0 Å². The third kappa shape index (κ3) is 4.23. The van der Waals surface area contributed by atoms with Crippen molar-refractivity contribution in [2.45, 2.75) is 45.2 Å². The Morgan fingerprint density at radius 2 is 1.86 bits per heavy atom. The van der Waals surface area contributed by atoms with E-state index in [1.807, 2.05) is 31.2 Å². The Morgan fingerprint density at radius 3 is 2.45 bits per heavy atom. The topological polar surface area (TPSA) is 69.6 Å². The van der Waals surface area contributed by atoms with E-state index < -0.39 is 5.97 Å². The number of urea groups is 1. The number of rotatable bonds is 4. The van der Waals surface area contributed by atoms with Crippen LogP contribution in [-0.4, -0.2) is 35.1 Å². The summed E-state index contributed by atoms with van der Waals surface area (Å²) in [4.78, 5) is 24.8. The lowest BCUT2D eigenvalue weighted by atomic mass is 9.86. The fourth-order valence-electron chi connectivity index (χ4n) is 2.88. The lowest BCUT2D eigenvalue weighted by Gasteiger charge is -2.29. The highest BCUT2D eigenvalue weighted by Gasteiger charge is 2.27. The van der Waals surface area contributed by atoms with E-state index in [1.54, 1.807) is 11.9 Å². The van der Waals surface area contributed by atoms with E-state index in [1.165, 1.54) is 5.56 Å². The molecule has 0 heterocycles. The Balaban J connectivity index is 1.82. The summed E-state index contributed by atoms with van der Waals surface area (Å²) < 4.78 is 0. The van der Waals surface area contributed by atoms with Crippen LogP contribution in [0, 0.1) is 12.8 Å². The van der Waals surface area contributed by atoms with Crippen LogP contribution in [0.15, 0.2) is 24.3 Å². The maximum atomic E-state index is 12.2. The van der Waals surface area contributed by atoms with E-state index in [0.717, 1.165) is 18.4 Å². The number of carboxylic acids is 1. The maximum absolute atomic E-state index is 12.2. The molecule has 0 saturated heterocycles. The second kappa shape index (κ2) is 7.29. The number of hydrogen-bond acceptors (Lipinski definition) is 2. The van der Waals surface area contributed by atoms with Crippen molar-refractivity contribution in [2.24, 2.45) is 5.92 Å². The zero-order valence-electron chi connectivity index (χ0n) is 13.2. The summed E-state index contributed by atoms with van der Waals surface area (Å²) in [6.07, 6.45) is 2.76. The summed E-state index contributed by atoms with van der Waals surface area (Å²) in [6.45, 7) is 2.61.